The molecule has 1 saturated carbocycles. The molecule has 17 heavy (non-hydrogen) atoms. The fourth-order valence-corrected chi connectivity index (χ4v) is 3.54. The molecule has 1 N–H and O–H groups in total. The van der Waals surface area contributed by atoms with Crippen LogP contribution in [0.5, 0.6) is 0 Å². The molecule has 0 amide bonds. The summed E-state index contributed by atoms with van der Waals surface area (Å²) >= 11 is 0. The Kier molecular flexibility index (Phi) is 5.79. The molecular formula is C15H30N2. The van der Waals surface area contributed by atoms with Gasteiger partial charge >= 0.3 is 0 Å². The monoisotopic (exact) mass is 238 g/mol. The summed E-state index contributed by atoms with van der Waals surface area (Å²) in [7, 11) is 0. The first-order chi connectivity index (χ1) is 8.38. The third kappa shape index (κ3) is 4.59. The van der Waals surface area contributed by atoms with Gasteiger partial charge in [-0.2, -0.15) is 0 Å². The fraction of sp³-hybridized carbons (Fsp3) is 1.00. The Morgan fingerprint density at radius 3 is 2.76 bits per heavy atom. The van der Waals surface area contributed by atoms with Gasteiger partial charge in [-0.15, -0.1) is 0 Å². The van der Waals surface area contributed by atoms with Crippen LogP contribution in [0.4, 0.5) is 0 Å². The number of hydrogen-bond acceptors (Lipinski definition) is 2. The second kappa shape index (κ2) is 7.38. The van der Waals surface area contributed by atoms with Crippen LogP contribution < -0.4 is 5.32 Å². The van der Waals surface area contributed by atoms with Gasteiger partial charge in [0.25, 0.3) is 0 Å². The topological polar surface area (TPSA) is 15.3 Å². The van der Waals surface area contributed by atoms with Gasteiger partial charge < -0.3 is 10.2 Å². The lowest BCUT2D eigenvalue weighted by atomic mass is 10.0. The molecule has 2 fully saturated rings. The Bertz CT molecular complexity index is 197. The van der Waals surface area contributed by atoms with Gasteiger partial charge in [-0.05, 0) is 31.7 Å². The van der Waals surface area contributed by atoms with Crippen LogP contribution in [0.2, 0.25) is 0 Å². The molecule has 1 aliphatic heterocycles. The average molecular weight is 238 g/mol. The largest absolute Gasteiger partial charge is 0.311 e. The summed E-state index contributed by atoms with van der Waals surface area (Å²) in [6.07, 6.45) is 11.6. The molecule has 1 saturated heterocycles. The van der Waals surface area contributed by atoms with Crippen LogP contribution in [0.15, 0.2) is 0 Å². The quantitative estimate of drug-likeness (QED) is 0.765. The van der Waals surface area contributed by atoms with Crippen molar-refractivity contribution in [1.29, 1.82) is 0 Å². The number of piperazine rings is 1. The molecule has 2 nitrogen and oxygen atoms in total. The second-order valence-corrected chi connectivity index (χ2v) is 6.03. The smallest absolute Gasteiger partial charge is 0.0195 e. The van der Waals surface area contributed by atoms with E-state index in [1.54, 1.807) is 0 Å². The lowest BCUT2D eigenvalue weighted by Gasteiger charge is -2.33. The number of hydrogen-bond donors (Lipinski definition) is 1. The van der Waals surface area contributed by atoms with Gasteiger partial charge in [0, 0.05) is 25.7 Å². The molecule has 0 aromatic carbocycles. The summed E-state index contributed by atoms with van der Waals surface area (Å²) in [6.45, 7) is 7.40. The second-order valence-electron chi connectivity index (χ2n) is 6.03. The molecule has 0 aromatic heterocycles. The molecule has 1 aliphatic carbocycles. The first-order valence-corrected chi connectivity index (χ1v) is 7.84. The minimum absolute atomic E-state index is 0.764. The maximum atomic E-state index is 3.64. The predicted molar refractivity (Wildman–Crippen MR) is 74.3 cm³/mol. The van der Waals surface area contributed by atoms with E-state index >= 15 is 0 Å². The van der Waals surface area contributed by atoms with Crippen molar-refractivity contribution < 1.29 is 0 Å². The van der Waals surface area contributed by atoms with Crippen molar-refractivity contribution in [3.05, 3.63) is 0 Å². The van der Waals surface area contributed by atoms with E-state index in [1.165, 1.54) is 77.5 Å². The molecule has 1 unspecified atom stereocenters. The lowest BCUT2D eigenvalue weighted by molar-refractivity contribution is 0.188. The van der Waals surface area contributed by atoms with E-state index in [0.29, 0.717) is 0 Å². The molecule has 0 spiro atoms. The highest BCUT2D eigenvalue weighted by Gasteiger charge is 2.19. The van der Waals surface area contributed by atoms with Crippen LogP contribution in [0.1, 0.15) is 58.3 Å². The molecule has 2 aliphatic rings. The Labute approximate surface area is 107 Å². The SMILES string of the molecule is CCCC1CN(CCCC2CCCC2)CCN1. The van der Waals surface area contributed by atoms with Crippen molar-refractivity contribution in [2.24, 2.45) is 5.92 Å². The van der Waals surface area contributed by atoms with Crippen molar-refractivity contribution in [1.82, 2.24) is 10.2 Å². The average Bonchev–Trinajstić information content (AvgIpc) is 2.83. The van der Waals surface area contributed by atoms with E-state index in [9.17, 15) is 0 Å². The van der Waals surface area contributed by atoms with Crippen LogP contribution in [0.3, 0.4) is 0 Å². The Morgan fingerprint density at radius 2 is 2.00 bits per heavy atom. The van der Waals surface area contributed by atoms with Crippen molar-refractivity contribution in [2.75, 3.05) is 26.2 Å². The van der Waals surface area contributed by atoms with E-state index in [4.69, 9.17) is 0 Å². The van der Waals surface area contributed by atoms with Crippen LogP contribution >= 0.6 is 0 Å². The molecule has 100 valence electrons. The summed E-state index contributed by atoms with van der Waals surface area (Å²) in [5.74, 6) is 1.07. The molecule has 0 aromatic rings. The molecule has 2 heteroatoms. The summed E-state index contributed by atoms with van der Waals surface area (Å²) in [5.41, 5.74) is 0. The maximum absolute atomic E-state index is 3.64. The first kappa shape index (κ1) is 13.4. The molecule has 0 radical (unpaired) electrons. The Morgan fingerprint density at radius 1 is 1.18 bits per heavy atom. The molecule has 2 rings (SSSR count). The third-order valence-electron chi connectivity index (χ3n) is 4.54. The highest BCUT2D eigenvalue weighted by Crippen LogP contribution is 2.28. The van der Waals surface area contributed by atoms with E-state index in [1.807, 2.05) is 0 Å². The molecule has 1 atom stereocenters. The molecule has 0 bridgehead atoms. The van der Waals surface area contributed by atoms with Crippen molar-refractivity contribution in [2.45, 2.75) is 64.3 Å². The summed E-state index contributed by atoms with van der Waals surface area (Å²) in [4.78, 5) is 2.69. The number of rotatable bonds is 6. The summed E-state index contributed by atoms with van der Waals surface area (Å²) in [5, 5.41) is 3.64. The fourth-order valence-electron chi connectivity index (χ4n) is 3.54. The zero-order valence-electron chi connectivity index (χ0n) is 11.6. The van der Waals surface area contributed by atoms with E-state index in [2.05, 4.69) is 17.1 Å². The highest BCUT2D eigenvalue weighted by molar-refractivity contribution is 4.78. The van der Waals surface area contributed by atoms with Gasteiger partial charge in [0.05, 0.1) is 0 Å². The van der Waals surface area contributed by atoms with Crippen molar-refractivity contribution in [3.63, 3.8) is 0 Å². The van der Waals surface area contributed by atoms with Crippen molar-refractivity contribution in [3.8, 4) is 0 Å². The number of nitrogens with zero attached hydrogens (tertiary/aromatic N) is 1. The third-order valence-corrected chi connectivity index (χ3v) is 4.54. The zero-order valence-corrected chi connectivity index (χ0v) is 11.6. The van der Waals surface area contributed by atoms with E-state index in [-0.39, 0.29) is 0 Å². The van der Waals surface area contributed by atoms with Crippen LogP contribution in [0.25, 0.3) is 0 Å². The van der Waals surface area contributed by atoms with Crippen LogP contribution in [-0.2, 0) is 0 Å². The van der Waals surface area contributed by atoms with Gasteiger partial charge in [-0.1, -0.05) is 39.0 Å². The predicted octanol–water partition coefficient (Wildman–Crippen LogP) is 3.03. The van der Waals surface area contributed by atoms with Gasteiger partial charge in [0.15, 0.2) is 0 Å². The van der Waals surface area contributed by atoms with E-state index in [0.717, 1.165) is 12.0 Å². The standard InChI is InChI=1S/C15H30N2/c1-2-6-15-13-17(12-10-16-15)11-5-9-14-7-3-4-8-14/h14-16H,2-13H2,1H3. The number of nitrogens with one attached hydrogen (secondary N) is 1. The first-order valence-electron chi connectivity index (χ1n) is 7.84. The van der Waals surface area contributed by atoms with E-state index < -0.39 is 0 Å². The van der Waals surface area contributed by atoms with Gasteiger partial charge in [-0.3, -0.25) is 0 Å². The van der Waals surface area contributed by atoms with Gasteiger partial charge in [0.1, 0.15) is 0 Å². The Hall–Kier alpha value is -0.0800. The maximum Gasteiger partial charge on any atom is 0.0195 e. The van der Waals surface area contributed by atoms with Crippen LogP contribution in [-0.4, -0.2) is 37.1 Å². The Balaban J connectivity index is 1.58. The summed E-state index contributed by atoms with van der Waals surface area (Å²) < 4.78 is 0. The van der Waals surface area contributed by atoms with Gasteiger partial charge in [-0.25, -0.2) is 0 Å². The molecular weight excluding hydrogens is 208 g/mol. The van der Waals surface area contributed by atoms with Gasteiger partial charge in [0.2, 0.25) is 0 Å². The molecule has 1 heterocycles. The lowest BCUT2D eigenvalue weighted by Crippen LogP contribution is -2.50. The minimum Gasteiger partial charge on any atom is -0.311 e. The normalized spacial score (nSPS) is 27.7. The van der Waals surface area contributed by atoms with Crippen molar-refractivity contribution >= 4 is 0 Å². The summed E-state index contributed by atoms with van der Waals surface area (Å²) in [6, 6.07) is 0.764. The highest BCUT2D eigenvalue weighted by atomic mass is 15.2. The minimum atomic E-state index is 0.764. The van der Waals surface area contributed by atoms with Crippen LogP contribution in [0, 0.1) is 5.92 Å². The zero-order chi connectivity index (χ0) is 11.9.